The summed E-state index contributed by atoms with van der Waals surface area (Å²) in [7, 11) is 3.93. The first kappa shape index (κ1) is 12.1. The van der Waals surface area contributed by atoms with Gasteiger partial charge in [-0.3, -0.25) is 0 Å². The fourth-order valence-corrected chi connectivity index (χ4v) is 3.57. The van der Waals surface area contributed by atoms with Crippen LogP contribution in [0, 0.1) is 5.92 Å². The van der Waals surface area contributed by atoms with Gasteiger partial charge in [0.25, 0.3) is 0 Å². The molecule has 2 aliphatic rings. The van der Waals surface area contributed by atoms with Crippen LogP contribution >= 0.6 is 11.6 Å². The molecule has 18 heavy (non-hydrogen) atoms. The predicted molar refractivity (Wildman–Crippen MR) is 74.8 cm³/mol. The molecule has 1 aromatic carbocycles. The van der Waals surface area contributed by atoms with Gasteiger partial charge in [0.1, 0.15) is 5.75 Å². The van der Waals surface area contributed by atoms with Gasteiger partial charge in [-0.1, -0.05) is 11.6 Å². The van der Waals surface area contributed by atoms with Crippen LogP contribution in [0.25, 0.3) is 0 Å². The number of anilines is 1. The second kappa shape index (κ2) is 4.63. The predicted octanol–water partition coefficient (Wildman–Crippen LogP) is 2.81. The van der Waals surface area contributed by atoms with Crippen molar-refractivity contribution in [1.29, 1.82) is 0 Å². The molecule has 4 heteroatoms. The Morgan fingerprint density at radius 1 is 1.44 bits per heavy atom. The number of methoxy groups -OCH3 is 1. The molecule has 3 nitrogen and oxygen atoms in total. The molecule has 3 rings (SSSR count). The molecule has 0 bridgehead atoms. The first-order valence-electron chi connectivity index (χ1n) is 6.49. The number of fused-ring (bicyclic) bond motifs is 3. The third kappa shape index (κ3) is 1.86. The number of nitrogens with zero attached hydrogens (tertiary/aromatic N) is 1. The molecule has 98 valence electrons. The van der Waals surface area contributed by atoms with E-state index < -0.39 is 0 Å². The lowest BCUT2D eigenvalue weighted by molar-refractivity contribution is 0.185. The van der Waals surface area contributed by atoms with Gasteiger partial charge in [0.05, 0.1) is 17.8 Å². The largest absolute Gasteiger partial charge is 0.496 e. The Balaban J connectivity index is 2.05. The van der Waals surface area contributed by atoms with E-state index in [1.54, 1.807) is 7.11 Å². The highest BCUT2D eigenvalue weighted by atomic mass is 35.5. The summed E-state index contributed by atoms with van der Waals surface area (Å²) in [5.74, 6) is 2.20. The second-order valence-electron chi connectivity index (χ2n) is 5.34. The molecule has 0 aromatic heterocycles. The van der Waals surface area contributed by atoms with Gasteiger partial charge in [0.15, 0.2) is 0 Å². The van der Waals surface area contributed by atoms with Gasteiger partial charge in [-0.05, 0) is 44.0 Å². The van der Waals surface area contributed by atoms with Crippen LogP contribution in [-0.4, -0.2) is 38.7 Å². The molecule has 2 aliphatic heterocycles. The molecular formula is C14H19ClN2O. The van der Waals surface area contributed by atoms with Crippen molar-refractivity contribution in [3.8, 4) is 5.75 Å². The van der Waals surface area contributed by atoms with Crippen LogP contribution in [0.15, 0.2) is 12.1 Å². The minimum absolute atomic E-state index is 0.575. The molecule has 0 spiro atoms. The van der Waals surface area contributed by atoms with Gasteiger partial charge >= 0.3 is 0 Å². The van der Waals surface area contributed by atoms with Gasteiger partial charge < -0.3 is 15.0 Å². The number of piperidine rings is 1. The number of ether oxygens (including phenoxy) is 1. The zero-order valence-electron chi connectivity index (χ0n) is 10.9. The van der Waals surface area contributed by atoms with Crippen LogP contribution in [0.3, 0.4) is 0 Å². The van der Waals surface area contributed by atoms with Gasteiger partial charge in [0, 0.05) is 18.7 Å². The monoisotopic (exact) mass is 266 g/mol. The number of likely N-dealkylation sites (tertiary alicyclic amines) is 1. The lowest BCUT2D eigenvalue weighted by Crippen LogP contribution is -2.42. The van der Waals surface area contributed by atoms with E-state index in [1.165, 1.54) is 12.0 Å². The normalized spacial score (nSPS) is 27.1. The molecule has 0 amide bonds. The molecule has 1 fully saturated rings. The summed E-state index contributed by atoms with van der Waals surface area (Å²) < 4.78 is 5.53. The Labute approximate surface area is 113 Å². The van der Waals surface area contributed by atoms with Crippen LogP contribution in [-0.2, 0) is 0 Å². The number of benzene rings is 1. The topological polar surface area (TPSA) is 24.5 Å². The van der Waals surface area contributed by atoms with E-state index in [0.717, 1.165) is 36.1 Å². The Kier molecular flexibility index (Phi) is 3.12. The van der Waals surface area contributed by atoms with Crippen LogP contribution in [0.1, 0.15) is 17.9 Å². The van der Waals surface area contributed by atoms with Crippen molar-refractivity contribution < 1.29 is 4.74 Å². The standard InChI is InChI=1S/C14H19ClN2O/c1-17-6-5-10-9(8-17)7-16-14-11(15)3-4-12(18-2)13(10)14/h3-4,9-10,16H,5-8H2,1-2H3. The summed E-state index contributed by atoms with van der Waals surface area (Å²) >= 11 is 6.30. The highest BCUT2D eigenvalue weighted by molar-refractivity contribution is 6.33. The van der Waals surface area contributed by atoms with Gasteiger partial charge in [0.2, 0.25) is 0 Å². The van der Waals surface area contributed by atoms with Crippen molar-refractivity contribution in [3.63, 3.8) is 0 Å². The van der Waals surface area contributed by atoms with E-state index in [2.05, 4.69) is 17.3 Å². The third-order valence-electron chi connectivity index (χ3n) is 4.22. The van der Waals surface area contributed by atoms with Gasteiger partial charge in [-0.25, -0.2) is 0 Å². The van der Waals surface area contributed by atoms with E-state index >= 15 is 0 Å². The Bertz CT molecular complexity index is 463. The molecule has 1 saturated heterocycles. The minimum Gasteiger partial charge on any atom is -0.496 e. The van der Waals surface area contributed by atoms with Crippen molar-refractivity contribution in [2.24, 2.45) is 5.92 Å². The zero-order valence-corrected chi connectivity index (χ0v) is 11.6. The second-order valence-corrected chi connectivity index (χ2v) is 5.74. The molecule has 0 radical (unpaired) electrons. The van der Waals surface area contributed by atoms with E-state index in [1.807, 2.05) is 12.1 Å². The molecular weight excluding hydrogens is 248 g/mol. The molecule has 2 unspecified atom stereocenters. The average Bonchev–Trinajstić information content (AvgIpc) is 2.38. The summed E-state index contributed by atoms with van der Waals surface area (Å²) in [6.07, 6.45) is 1.19. The summed E-state index contributed by atoms with van der Waals surface area (Å²) in [5.41, 5.74) is 2.37. The number of hydrogen-bond donors (Lipinski definition) is 1. The molecule has 0 saturated carbocycles. The summed E-state index contributed by atoms with van der Waals surface area (Å²) in [4.78, 5) is 2.41. The Hall–Kier alpha value is -0.930. The van der Waals surface area contributed by atoms with Crippen molar-refractivity contribution in [2.45, 2.75) is 12.3 Å². The van der Waals surface area contributed by atoms with Crippen LogP contribution in [0.5, 0.6) is 5.75 Å². The quantitative estimate of drug-likeness (QED) is 0.846. The third-order valence-corrected chi connectivity index (χ3v) is 4.54. The molecule has 2 heterocycles. The average molecular weight is 267 g/mol. The number of rotatable bonds is 1. The van der Waals surface area contributed by atoms with Crippen molar-refractivity contribution in [1.82, 2.24) is 4.90 Å². The van der Waals surface area contributed by atoms with Gasteiger partial charge in [-0.2, -0.15) is 0 Å². The molecule has 1 N–H and O–H groups in total. The van der Waals surface area contributed by atoms with Crippen molar-refractivity contribution >= 4 is 17.3 Å². The number of nitrogens with one attached hydrogen (secondary N) is 1. The smallest absolute Gasteiger partial charge is 0.124 e. The Morgan fingerprint density at radius 3 is 3.06 bits per heavy atom. The number of hydrogen-bond acceptors (Lipinski definition) is 3. The maximum atomic E-state index is 6.30. The van der Waals surface area contributed by atoms with E-state index in [0.29, 0.717) is 11.8 Å². The molecule has 1 aromatic rings. The lowest BCUT2D eigenvalue weighted by Gasteiger charge is -2.42. The highest BCUT2D eigenvalue weighted by Crippen LogP contribution is 2.47. The van der Waals surface area contributed by atoms with Crippen molar-refractivity contribution in [2.75, 3.05) is 39.1 Å². The zero-order chi connectivity index (χ0) is 12.7. The lowest BCUT2D eigenvalue weighted by atomic mass is 9.77. The van der Waals surface area contributed by atoms with Crippen LogP contribution in [0.4, 0.5) is 5.69 Å². The van der Waals surface area contributed by atoms with Crippen molar-refractivity contribution in [3.05, 3.63) is 22.7 Å². The first-order valence-corrected chi connectivity index (χ1v) is 6.87. The highest BCUT2D eigenvalue weighted by Gasteiger charge is 2.36. The molecule has 0 aliphatic carbocycles. The maximum absolute atomic E-state index is 6.30. The van der Waals surface area contributed by atoms with E-state index in [-0.39, 0.29) is 0 Å². The van der Waals surface area contributed by atoms with Gasteiger partial charge in [-0.15, -0.1) is 0 Å². The van der Waals surface area contributed by atoms with E-state index in [4.69, 9.17) is 16.3 Å². The van der Waals surface area contributed by atoms with E-state index in [9.17, 15) is 0 Å². The SMILES string of the molecule is COc1ccc(Cl)c2c1C1CCN(C)CC1CN2. The minimum atomic E-state index is 0.575. The fraction of sp³-hybridized carbons (Fsp3) is 0.571. The summed E-state index contributed by atoms with van der Waals surface area (Å²) in [6, 6.07) is 3.91. The Morgan fingerprint density at radius 2 is 2.28 bits per heavy atom. The first-order chi connectivity index (χ1) is 8.70. The molecule has 2 atom stereocenters. The maximum Gasteiger partial charge on any atom is 0.124 e. The van der Waals surface area contributed by atoms with Crippen LogP contribution < -0.4 is 10.1 Å². The number of halogens is 1. The summed E-state index contributed by atoms with van der Waals surface area (Å²) in [5, 5.41) is 4.30. The fourth-order valence-electron chi connectivity index (χ4n) is 3.33. The summed E-state index contributed by atoms with van der Waals surface area (Å²) in [6.45, 7) is 3.30. The van der Waals surface area contributed by atoms with Crippen LogP contribution in [0.2, 0.25) is 5.02 Å².